The number of amides is 3. The zero-order valence-electron chi connectivity index (χ0n) is 18.0. The van der Waals surface area contributed by atoms with Crippen LogP contribution in [-0.4, -0.2) is 32.8 Å². The Labute approximate surface area is 189 Å². The third-order valence-electron chi connectivity index (χ3n) is 5.07. The number of anilines is 1. The number of nitrogens with one attached hydrogen (secondary N) is 1. The molecular formula is C24H22N4O3S. The van der Waals surface area contributed by atoms with E-state index in [-0.39, 0.29) is 29.7 Å². The molecule has 0 bridgehead atoms. The Morgan fingerprint density at radius 1 is 1.00 bits per heavy atom. The summed E-state index contributed by atoms with van der Waals surface area (Å²) < 4.78 is 0. The van der Waals surface area contributed by atoms with Gasteiger partial charge in [0.25, 0.3) is 11.8 Å². The van der Waals surface area contributed by atoms with Gasteiger partial charge in [0.05, 0.1) is 17.7 Å². The van der Waals surface area contributed by atoms with Gasteiger partial charge in [-0.1, -0.05) is 68.5 Å². The summed E-state index contributed by atoms with van der Waals surface area (Å²) in [6.45, 7) is 6.46. The van der Waals surface area contributed by atoms with E-state index in [4.69, 9.17) is 0 Å². The van der Waals surface area contributed by atoms with Gasteiger partial charge in [-0.25, -0.2) is 0 Å². The molecule has 3 amide bonds. The average molecular weight is 447 g/mol. The van der Waals surface area contributed by atoms with E-state index in [0.717, 1.165) is 21.8 Å². The second-order valence-electron chi connectivity index (χ2n) is 8.44. The summed E-state index contributed by atoms with van der Waals surface area (Å²) in [7, 11) is 0. The van der Waals surface area contributed by atoms with E-state index in [1.165, 1.54) is 11.6 Å². The van der Waals surface area contributed by atoms with Crippen molar-refractivity contribution in [2.24, 2.45) is 0 Å². The maximum atomic E-state index is 12.5. The largest absolute Gasteiger partial charge is 0.297 e. The Balaban J connectivity index is 1.36. The molecule has 1 aliphatic heterocycles. The molecule has 0 atom stereocenters. The molecule has 1 N–H and O–H groups in total. The van der Waals surface area contributed by atoms with Gasteiger partial charge in [-0.3, -0.25) is 24.6 Å². The zero-order chi connectivity index (χ0) is 22.9. The van der Waals surface area contributed by atoms with Crippen LogP contribution in [0.25, 0.3) is 6.08 Å². The molecule has 7 nitrogen and oxygen atoms in total. The summed E-state index contributed by atoms with van der Waals surface area (Å²) in [6.07, 6.45) is 3.15. The van der Waals surface area contributed by atoms with Crippen LogP contribution in [0.3, 0.4) is 0 Å². The second kappa shape index (κ2) is 8.47. The lowest BCUT2D eigenvalue weighted by Gasteiger charge is -2.18. The first-order chi connectivity index (χ1) is 15.2. The van der Waals surface area contributed by atoms with Gasteiger partial charge in [-0.05, 0) is 34.8 Å². The monoisotopic (exact) mass is 446 g/mol. The smallest absolute Gasteiger partial charge is 0.261 e. The molecule has 0 saturated heterocycles. The fourth-order valence-corrected chi connectivity index (χ4v) is 4.03. The molecule has 32 heavy (non-hydrogen) atoms. The first-order valence-electron chi connectivity index (χ1n) is 10.1. The minimum Gasteiger partial charge on any atom is -0.297 e. The number of carbonyl (C=O) groups excluding carboxylic acids is 3. The highest BCUT2D eigenvalue weighted by Gasteiger charge is 2.35. The molecule has 1 aliphatic rings. The fourth-order valence-electron chi connectivity index (χ4n) is 3.30. The fraction of sp³-hybridized carbons (Fsp3) is 0.208. The van der Waals surface area contributed by atoms with Gasteiger partial charge in [0.1, 0.15) is 5.01 Å². The standard InChI is InChI=1S/C24H22N4O3S/c1-24(2,3)16-11-8-15(9-12-16)10-13-19(29)25-23-27-26-20(32-23)14-28-21(30)17-6-4-5-7-18(17)22(28)31/h4-13H,14H2,1-3H3,(H,25,27,29)/b13-10+. The van der Waals surface area contributed by atoms with Crippen molar-refractivity contribution in [3.63, 3.8) is 0 Å². The number of carbonyl (C=O) groups is 3. The van der Waals surface area contributed by atoms with E-state index >= 15 is 0 Å². The third-order valence-corrected chi connectivity index (χ3v) is 5.90. The van der Waals surface area contributed by atoms with Gasteiger partial charge in [0.2, 0.25) is 11.0 Å². The Bertz CT molecular complexity index is 1190. The SMILES string of the molecule is CC(C)(C)c1ccc(/C=C/C(=O)Nc2nnc(CN3C(=O)c4ccccc4C3=O)s2)cc1. The summed E-state index contributed by atoms with van der Waals surface area (Å²) in [6, 6.07) is 14.7. The van der Waals surface area contributed by atoms with Gasteiger partial charge in [-0.2, -0.15) is 0 Å². The second-order valence-corrected chi connectivity index (χ2v) is 9.50. The number of nitrogens with zero attached hydrogens (tertiary/aromatic N) is 3. The molecule has 0 aliphatic carbocycles. The Morgan fingerprint density at radius 2 is 1.62 bits per heavy atom. The van der Waals surface area contributed by atoms with Crippen LogP contribution in [0.1, 0.15) is 57.6 Å². The van der Waals surface area contributed by atoms with Crippen LogP contribution >= 0.6 is 11.3 Å². The Morgan fingerprint density at radius 3 is 2.22 bits per heavy atom. The zero-order valence-corrected chi connectivity index (χ0v) is 18.8. The van der Waals surface area contributed by atoms with Gasteiger partial charge < -0.3 is 0 Å². The van der Waals surface area contributed by atoms with Crippen molar-refractivity contribution in [1.82, 2.24) is 15.1 Å². The molecule has 0 spiro atoms. The van der Waals surface area contributed by atoms with E-state index in [2.05, 4.69) is 36.3 Å². The topological polar surface area (TPSA) is 92.3 Å². The highest BCUT2D eigenvalue weighted by molar-refractivity contribution is 7.15. The number of hydrogen-bond donors (Lipinski definition) is 1. The summed E-state index contributed by atoms with van der Waals surface area (Å²) in [4.78, 5) is 38.3. The maximum absolute atomic E-state index is 12.5. The molecule has 1 aromatic heterocycles. The summed E-state index contributed by atoms with van der Waals surface area (Å²) in [5, 5.41) is 11.4. The predicted molar refractivity (Wildman–Crippen MR) is 123 cm³/mol. The first kappa shape index (κ1) is 21.6. The van der Waals surface area contributed by atoms with Crippen molar-refractivity contribution in [3.05, 3.63) is 81.9 Å². The van der Waals surface area contributed by atoms with Crippen molar-refractivity contribution in [2.45, 2.75) is 32.7 Å². The van der Waals surface area contributed by atoms with Crippen molar-refractivity contribution < 1.29 is 14.4 Å². The van der Waals surface area contributed by atoms with Crippen LogP contribution in [-0.2, 0) is 16.8 Å². The molecule has 2 heterocycles. The van der Waals surface area contributed by atoms with Crippen molar-refractivity contribution >= 4 is 40.3 Å². The number of aromatic nitrogens is 2. The van der Waals surface area contributed by atoms with Crippen LogP contribution < -0.4 is 5.32 Å². The van der Waals surface area contributed by atoms with Crippen molar-refractivity contribution in [3.8, 4) is 0 Å². The Hall–Kier alpha value is -3.65. The number of benzene rings is 2. The quantitative estimate of drug-likeness (QED) is 0.466. The highest BCUT2D eigenvalue weighted by atomic mass is 32.1. The van der Waals surface area contributed by atoms with E-state index in [1.807, 2.05) is 24.3 Å². The highest BCUT2D eigenvalue weighted by Crippen LogP contribution is 2.26. The number of hydrogen-bond acceptors (Lipinski definition) is 6. The molecule has 162 valence electrons. The average Bonchev–Trinajstić information content (AvgIpc) is 3.30. The van der Waals surface area contributed by atoms with Crippen LogP contribution in [0.5, 0.6) is 0 Å². The molecule has 4 rings (SSSR count). The normalized spacial score (nSPS) is 13.7. The van der Waals surface area contributed by atoms with E-state index in [0.29, 0.717) is 21.3 Å². The van der Waals surface area contributed by atoms with Gasteiger partial charge in [-0.15, -0.1) is 10.2 Å². The molecular weight excluding hydrogens is 424 g/mol. The molecule has 0 unspecified atom stereocenters. The van der Waals surface area contributed by atoms with Crippen LogP contribution in [0.15, 0.2) is 54.6 Å². The Kier molecular flexibility index (Phi) is 5.71. The van der Waals surface area contributed by atoms with E-state index in [9.17, 15) is 14.4 Å². The first-order valence-corrected chi connectivity index (χ1v) is 10.9. The van der Waals surface area contributed by atoms with Crippen LogP contribution in [0, 0.1) is 0 Å². The lowest BCUT2D eigenvalue weighted by atomic mass is 9.87. The van der Waals surface area contributed by atoms with Crippen LogP contribution in [0.4, 0.5) is 5.13 Å². The number of fused-ring (bicyclic) bond motifs is 1. The lowest BCUT2D eigenvalue weighted by molar-refractivity contribution is -0.111. The maximum Gasteiger partial charge on any atom is 0.261 e. The van der Waals surface area contributed by atoms with Gasteiger partial charge >= 0.3 is 0 Å². The minimum absolute atomic E-state index is 0.00977. The minimum atomic E-state index is -0.355. The molecule has 0 saturated carbocycles. The van der Waals surface area contributed by atoms with Crippen LogP contribution in [0.2, 0.25) is 0 Å². The van der Waals surface area contributed by atoms with Gasteiger partial charge in [0, 0.05) is 6.08 Å². The third kappa shape index (κ3) is 4.50. The summed E-state index contributed by atoms with van der Waals surface area (Å²) in [5.41, 5.74) is 2.98. The molecule has 0 fully saturated rings. The molecule has 3 aromatic rings. The van der Waals surface area contributed by atoms with Crippen molar-refractivity contribution in [2.75, 3.05) is 5.32 Å². The molecule has 8 heteroatoms. The number of imide groups is 1. The van der Waals surface area contributed by atoms with E-state index in [1.54, 1.807) is 30.3 Å². The van der Waals surface area contributed by atoms with Crippen molar-refractivity contribution in [1.29, 1.82) is 0 Å². The summed E-state index contributed by atoms with van der Waals surface area (Å²) >= 11 is 1.12. The van der Waals surface area contributed by atoms with E-state index < -0.39 is 0 Å². The summed E-state index contributed by atoms with van der Waals surface area (Å²) in [5.74, 6) is -1.05. The van der Waals surface area contributed by atoms with Gasteiger partial charge in [0.15, 0.2) is 0 Å². The predicted octanol–water partition coefficient (Wildman–Crippen LogP) is 4.28. The molecule has 0 radical (unpaired) electrons. The molecule has 2 aromatic carbocycles. The number of rotatable bonds is 5. The lowest BCUT2D eigenvalue weighted by Crippen LogP contribution is -2.29.